The SMILES string of the molecule is Cc1ccc(NC(=S)N2CCN(S(=O)(=O)/C=C/c3ccccc3)CC2)cc1C. The lowest BCUT2D eigenvalue weighted by Gasteiger charge is -2.35. The molecule has 0 bridgehead atoms. The monoisotopic (exact) mass is 415 g/mol. The van der Waals surface area contributed by atoms with E-state index in [9.17, 15) is 8.42 Å². The van der Waals surface area contributed by atoms with Crippen molar-refractivity contribution in [2.75, 3.05) is 31.5 Å². The Morgan fingerprint density at radius 2 is 1.68 bits per heavy atom. The lowest BCUT2D eigenvalue weighted by atomic mass is 10.1. The number of piperazine rings is 1. The second-order valence-corrected chi connectivity index (χ2v) is 9.08. The molecule has 7 heteroatoms. The summed E-state index contributed by atoms with van der Waals surface area (Å²) in [5, 5.41) is 5.16. The Balaban J connectivity index is 1.56. The van der Waals surface area contributed by atoms with Crippen molar-refractivity contribution >= 4 is 39.1 Å². The molecule has 0 radical (unpaired) electrons. The van der Waals surface area contributed by atoms with Crippen molar-refractivity contribution in [3.05, 3.63) is 70.6 Å². The van der Waals surface area contributed by atoms with Gasteiger partial charge in [0.2, 0.25) is 10.0 Å². The van der Waals surface area contributed by atoms with Crippen LogP contribution in [0.4, 0.5) is 5.69 Å². The summed E-state index contributed by atoms with van der Waals surface area (Å²) in [5.41, 5.74) is 4.25. The molecule has 1 aliphatic heterocycles. The van der Waals surface area contributed by atoms with Crippen LogP contribution in [-0.4, -0.2) is 48.9 Å². The first-order chi connectivity index (χ1) is 13.3. The first-order valence-corrected chi connectivity index (χ1v) is 11.1. The number of hydrogen-bond donors (Lipinski definition) is 1. The Morgan fingerprint density at radius 1 is 1.00 bits per heavy atom. The molecule has 1 aliphatic rings. The summed E-state index contributed by atoms with van der Waals surface area (Å²) < 4.78 is 26.6. The second kappa shape index (κ2) is 8.86. The number of nitrogens with one attached hydrogen (secondary N) is 1. The lowest BCUT2D eigenvalue weighted by molar-refractivity contribution is 0.270. The van der Waals surface area contributed by atoms with Crippen LogP contribution in [0, 0.1) is 13.8 Å². The van der Waals surface area contributed by atoms with E-state index in [0.29, 0.717) is 31.3 Å². The van der Waals surface area contributed by atoms with Crippen molar-refractivity contribution in [2.45, 2.75) is 13.8 Å². The Bertz CT molecular complexity index is 964. The number of rotatable bonds is 4. The topological polar surface area (TPSA) is 52.6 Å². The molecule has 0 aromatic heterocycles. The predicted octanol–water partition coefficient (Wildman–Crippen LogP) is 3.62. The summed E-state index contributed by atoms with van der Waals surface area (Å²) in [6.45, 7) is 6.09. The van der Waals surface area contributed by atoms with E-state index < -0.39 is 10.0 Å². The van der Waals surface area contributed by atoms with Gasteiger partial charge in [-0.05, 0) is 61.0 Å². The third kappa shape index (κ3) is 5.19. The third-order valence-corrected chi connectivity index (χ3v) is 6.80. The number of benzene rings is 2. The van der Waals surface area contributed by atoms with Gasteiger partial charge in [-0.3, -0.25) is 0 Å². The summed E-state index contributed by atoms with van der Waals surface area (Å²) in [5.74, 6) is 0. The van der Waals surface area contributed by atoms with E-state index in [2.05, 4.69) is 31.3 Å². The van der Waals surface area contributed by atoms with E-state index in [1.165, 1.54) is 20.8 Å². The van der Waals surface area contributed by atoms with Crippen LogP contribution >= 0.6 is 12.2 Å². The molecule has 0 saturated carbocycles. The minimum Gasteiger partial charge on any atom is -0.346 e. The molecule has 0 spiro atoms. The predicted molar refractivity (Wildman–Crippen MR) is 120 cm³/mol. The van der Waals surface area contributed by atoms with Crippen LogP contribution in [0.15, 0.2) is 53.9 Å². The van der Waals surface area contributed by atoms with Gasteiger partial charge in [0, 0.05) is 37.3 Å². The lowest BCUT2D eigenvalue weighted by Crippen LogP contribution is -2.51. The summed E-state index contributed by atoms with van der Waals surface area (Å²) >= 11 is 5.51. The number of hydrogen-bond acceptors (Lipinski definition) is 3. The first-order valence-electron chi connectivity index (χ1n) is 9.21. The zero-order valence-corrected chi connectivity index (χ0v) is 17.8. The van der Waals surface area contributed by atoms with Gasteiger partial charge in [-0.25, -0.2) is 8.42 Å². The van der Waals surface area contributed by atoms with Gasteiger partial charge >= 0.3 is 0 Å². The molecule has 1 heterocycles. The van der Waals surface area contributed by atoms with E-state index in [4.69, 9.17) is 12.2 Å². The van der Waals surface area contributed by atoms with Crippen LogP contribution in [0.2, 0.25) is 0 Å². The quantitative estimate of drug-likeness (QED) is 0.773. The van der Waals surface area contributed by atoms with Gasteiger partial charge in [0.25, 0.3) is 0 Å². The normalized spacial score (nSPS) is 15.7. The molecule has 148 valence electrons. The summed E-state index contributed by atoms with van der Waals surface area (Å²) in [6.07, 6.45) is 1.63. The maximum atomic E-state index is 12.6. The molecule has 0 aliphatic carbocycles. The largest absolute Gasteiger partial charge is 0.346 e. The maximum absolute atomic E-state index is 12.6. The fourth-order valence-corrected chi connectivity index (χ4v) is 4.46. The van der Waals surface area contributed by atoms with Gasteiger partial charge in [0.05, 0.1) is 0 Å². The standard InChI is InChI=1S/C21H25N3O2S2/c1-17-8-9-20(16-18(17)2)22-21(27)23-11-13-24(14-12-23)28(25,26)15-10-19-6-4-3-5-7-19/h3-10,15-16H,11-14H2,1-2H3,(H,22,27)/b15-10+. The number of aryl methyl sites for hydroxylation is 2. The van der Waals surface area contributed by atoms with Crippen molar-refractivity contribution in [1.29, 1.82) is 0 Å². The number of thiocarbonyl (C=S) groups is 1. The van der Waals surface area contributed by atoms with Crippen molar-refractivity contribution in [2.24, 2.45) is 0 Å². The molecular weight excluding hydrogens is 390 g/mol. The van der Waals surface area contributed by atoms with Crippen LogP contribution in [0.3, 0.4) is 0 Å². The number of anilines is 1. The van der Waals surface area contributed by atoms with Gasteiger partial charge in [-0.15, -0.1) is 0 Å². The zero-order chi connectivity index (χ0) is 20.1. The summed E-state index contributed by atoms with van der Waals surface area (Å²) in [6, 6.07) is 15.6. The molecule has 28 heavy (non-hydrogen) atoms. The van der Waals surface area contributed by atoms with Crippen LogP contribution < -0.4 is 5.32 Å². The molecule has 1 saturated heterocycles. The Hall–Kier alpha value is -2.22. The second-order valence-electron chi connectivity index (χ2n) is 6.87. The molecule has 0 unspecified atom stereocenters. The van der Waals surface area contributed by atoms with Gasteiger partial charge < -0.3 is 10.2 Å². The van der Waals surface area contributed by atoms with Gasteiger partial charge in [-0.1, -0.05) is 36.4 Å². The highest BCUT2D eigenvalue weighted by atomic mass is 32.2. The Labute approximate surface area is 172 Å². The number of sulfonamides is 1. The fourth-order valence-electron chi connectivity index (χ4n) is 2.98. The molecule has 1 fully saturated rings. The van der Waals surface area contributed by atoms with E-state index in [1.54, 1.807) is 6.08 Å². The maximum Gasteiger partial charge on any atom is 0.236 e. The van der Waals surface area contributed by atoms with Crippen LogP contribution in [0.1, 0.15) is 16.7 Å². The first kappa shape index (κ1) is 20.5. The van der Waals surface area contributed by atoms with Gasteiger partial charge in [0.15, 0.2) is 5.11 Å². The molecule has 2 aromatic rings. The highest BCUT2D eigenvalue weighted by Crippen LogP contribution is 2.16. The fraction of sp³-hybridized carbons (Fsp3) is 0.286. The summed E-state index contributed by atoms with van der Waals surface area (Å²) in [7, 11) is -3.44. The van der Waals surface area contributed by atoms with Crippen LogP contribution in [0.5, 0.6) is 0 Å². The zero-order valence-electron chi connectivity index (χ0n) is 16.1. The van der Waals surface area contributed by atoms with E-state index in [-0.39, 0.29) is 0 Å². The van der Waals surface area contributed by atoms with E-state index >= 15 is 0 Å². The minimum atomic E-state index is -3.44. The highest BCUT2D eigenvalue weighted by molar-refractivity contribution is 7.92. The molecule has 0 atom stereocenters. The van der Waals surface area contributed by atoms with Gasteiger partial charge in [-0.2, -0.15) is 4.31 Å². The molecule has 5 nitrogen and oxygen atoms in total. The Morgan fingerprint density at radius 3 is 2.32 bits per heavy atom. The average Bonchev–Trinajstić information content (AvgIpc) is 2.70. The third-order valence-electron chi connectivity index (χ3n) is 4.88. The number of nitrogens with zero attached hydrogens (tertiary/aromatic N) is 2. The van der Waals surface area contributed by atoms with Crippen molar-refractivity contribution in [3.63, 3.8) is 0 Å². The highest BCUT2D eigenvalue weighted by Gasteiger charge is 2.26. The molecule has 1 N–H and O–H groups in total. The van der Waals surface area contributed by atoms with Crippen molar-refractivity contribution in [1.82, 2.24) is 9.21 Å². The van der Waals surface area contributed by atoms with E-state index in [0.717, 1.165) is 11.3 Å². The average molecular weight is 416 g/mol. The minimum absolute atomic E-state index is 0.413. The Kier molecular flexibility index (Phi) is 6.49. The molecule has 2 aromatic carbocycles. The summed E-state index contributed by atoms with van der Waals surface area (Å²) in [4.78, 5) is 2.01. The van der Waals surface area contributed by atoms with Crippen LogP contribution in [0.25, 0.3) is 6.08 Å². The van der Waals surface area contributed by atoms with Crippen LogP contribution in [-0.2, 0) is 10.0 Å². The molecule has 0 amide bonds. The smallest absolute Gasteiger partial charge is 0.236 e. The molecular formula is C21H25N3O2S2. The molecule has 3 rings (SSSR count). The van der Waals surface area contributed by atoms with E-state index in [1.807, 2.05) is 41.3 Å². The van der Waals surface area contributed by atoms with Gasteiger partial charge in [0.1, 0.15) is 0 Å². The van der Waals surface area contributed by atoms with Crippen molar-refractivity contribution < 1.29 is 8.42 Å². The van der Waals surface area contributed by atoms with Crippen molar-refractivity contribution in [3.8, 4) is 0 Å².